The lowest BCUT2D eigenvalue weighted by Gasteiger charge is -2.32. The SMILES string of the molecule is CC(C)CNC(=O)[C@H](Cc1ccccc1)N(Cc1ccccc1Cl)C(=O)CCCOc1ccccc1. The van der Waals surface area contributed by atoms with Gasteiger partial charge in [-0.05, 0) is 41.7 Å². The van der Waals surface area contributed by atoms with Crippen LogP contribution < -0.4 is 10.1 Å². The number of rotatable bonds is 13. The maximum absolute atomic E-state index is 13.6. The summed E-state index contributed by atoms with van der Waals surface area (Å²) in [7, 11) is 0. The summed E-state index contributed by atoms with van der Waals surface area (Å²) in [5.41, 5.74) is 1.80. The van der Waals surface area contributed by atoms with Crippen LogP contribution in [0.3, 0.4) is 0 Å². The molecule has 2 amide bonds. The number of carbonyl (C=O) groups is 2. The van der Waals surface area contributed by atoms with Crippen LogP contribution in [0.15, 0.2) is 84.9 Å². The van der Waals surface area contributed by atoms with Crippen LogP contribution in [0.1, 0.15) is 37.8 Å². The number of hydrogen-bond acceptors (Lipinski definition) is 3. The molecule has 0 saturated carbocycles. The molecule has 0 aliphatic rings. The predicted octanol–water partition coefficient (Wildman–Crippen LogP) is 5.91. The Morgan fingerprint density at radius 3 is 2.22 bits per heavy atom. The smallest absolute Gasteiger partial charge is 0.243 e. The Morgan fingerprint density at radius 1 is 0.917 bits per heavy atom. The number of halogens is 1. The van der Waals surface area contributed by atoms with Gasteiger partial charge in [0, 0.05) is 31.0 Å². The molecule has 0 aliphatic heterocycles. The fraction of sp³-hybridized carbons (Fsp3) is 0.333. The Hall–Kier alpha value is -3.31. The Morgan fingerprint density at radius 2 is 1.56 bits per heavy atom. The van der Waals surface area contributed by atoms with Crippen LogP contribution in [0.4, 0.5) is 0 Å². The van der Waals surface area contributed by atoms with Gasteiger partial charge >= 0.3 is 0 Å². The fourth-order valence-corrected chi connectivity index (χ4v) is 4.06. The second-order valence-electron chi connectivity index (χ2n) is 9.22. The molecule has 1 N–H and O–H groups in total. The summed E-state index contributed by atoms with van der Waals surface area (Å²) in [6, 6.07) is 26.1. The first kappa shape index (κ1) is 27.3. The summed E-state index contributed by atoms with van der Waals surface area (Å²) >= 11 is 6.46. The van der Waals surface area contributed by atoms with E-state index in [1.54, 1.807) is 11.0 Å². The average Bonchev–Trinajstić information content (AvgIpc) is 2.89. The minimum Gasteiger partial charge on any atom is -0.494 e. The lowest BCUT2D eigenvalue weighted by Crippen LogP contribution is -2.51. The molecule has 0 spiro atoms. The van der Waals surface area contributed by atoms with Crippen molar-refractivity contribution in [3.05, 3.63) is 101 Å². The molecule has 36 heavy (non-hydrogen) atoms. The van der Waals surface area contributed by atoms with E-state index in [1.165, 1.54) is 0 Å². The van der Waals surface area contributed by atoms with Gasteiger partial charge in [0.1, 0.15) is 11.8 Å². The van der Waals surface area contributed by atoms with Crippen molar-refractivity contribution in [3.8, 4) is 5.75 Å². The minimum absolute atomic E-state index is 0.104. The van der Waals surface area contributed by atoms with E-state index in [0.717, 1.165) is 16.9 Å². The lowest BCUT2D eigenvalue weighted by atomic mass is 10.0. The molecular weight excluding hydrogens is 472 g/mol. The normalized spacial score (nSPS) is 11.7. The zero-order chi connectivity index (χ0) is 25.8. The molecule has 0 aromatic heterocycles. The summed E-state index contributed by atoms with van der Waals surface area (Å²) in [6.07, 6.45) is 1.22. The van der Waals surface area contributed by atoms with Crippen molar-refractivity contribution < 1.29 is 14.3 Å². The highest BCUT2D eigenvalue weighted by Gasteiger charge is 2.30. The van der Waals surface area contributed by atoms with Gasteiger partial charge in [-0.2, -0.15) is 0 Å². The first-order valence-corrected chi connectivity index (χ1v) is 12.8. The summed E-state index contributed by atoms with van der Waals surface area (Å²) in [6.45, 7) is 5.31. The van der Waals surface area contributed by atoms with Crippen molar-refractivity contribution in [1.29, 1.82) is 0 Å². The van der Waals surface area contributed by atoms with E-state index in [2.05, 4.69) is 5.32 Å². The van der Waals surface area contributed by atoms with Gasteiger partial charge in [0.25, 0.3) is 0 Å². The Labute approximate surface area is 219 Å². The van der Waals surface area contributed by atoms with Gasteiger partial charge < -0.3 is 15.0 Å². The third kappa shape index (κ3) is 8.72. The van der Waals surface area contributed by atoms with Gasteiger partial charge in [-0.25, -0.2) is 0 Å². The van der Waals surface area contributed by atoms with E-state index in [-0.39, 0.29) is 24.8 Å². The van der Waals surface area contributed by atoms with Crippen molar-refractivity contribution in [2.45, 2.75) is 45.7 Å². The second-order valence-corrected chi connectivity index (χ2v) is 9.63. The van der Waals surface area contributed by atoms with Gasteiger partial charge in [0.15, 0.2) is 0 Å². The van der Waals surface area contributed by atoms with Gasteiger partial charge in [0.05, 0.1) is 6.61 Å². The molecule has 0 fully saturated rings. The molecule has 0 aliphatic carbocycles. The second kappa shape index (κ2) is 14.3. The van der Waals surface area contributed by atoms with E-state index >= 15 is 0 Å². The van der Waals surface area contributed by atoms with Crippen molar-refractivity contribution in [2.24, 2.45) is 5.92 Å². The number of nitrogens with zero attached hydrogens (tertiary/aromatic N) is 1. The molecule has 0 bridgehead atoms. The molecule has 190 valence electrons. The van der Waals surface area contributed by atoms with E-state index in [4.69, 9.17) is 16.3 Å². The summed E-state index contributed by atoms with van der Waals surface area (Å²) in [5.74, 6) is 0.808. The van der Waals surface area contributed by atoms with E-state index in [1.807, 2.05) is 92.7 Å². The number of hydrogen-bond donors (Lipinski definition) is 1. The molecule has 0 saturated heterocycles. The number of para-hydroxylation sites is 1. The number of benzene rings is 3. The number of nitrogens with one attached hydrogen (secondary N) is 1. The summed E-state index contributed by atoms with van der Waals surface area (Å²) in [5, 5.41) is 3.61. The topological polar surface area (TPSA) is 58.6 Å². The maximum Gasteiger partial charge on any atom is 0.243 e. The van der Waals surface area contributed by atoms with Crippen molar-refractivity contribution >= 4 is 23.4 Å². The van der Waals surface area contributed by atoms with E-state index in [0.29, 0.717) is 36.9 Å². The molecule has 3 aromatic carbocycles. The van der Waals surface area contributed by atoms with Crippen molar-refractivity contribution in [2.75, 3.05) is 13.2 Å². The molecule has 0 radical (unpaired) electrons. The third-order valence-electron chi connectivity index (χ3n) is 5.80. The molecule has 6 heteroatoms. The first-order valence-electron chi connectivity index (χ1n) is 12.5. The lowest BCUT2D eigenvalue weighted by molar-refractivity contribution is -0.141. The first-order chi connectivity index (χ1) is 17.4. The van der Waals surface area contributed by atoms with Crippen LogP contribution >= 0.6 is 11.6 Å². The predicted molar refractivity (Wildman–Crippen MR) is 145 cm³/mol. The minimum atomic E-state index is -0.662. The molecule has 0 heterocycles. The Balaban J connectivity index is 1.80. The highest BCUT2D eigenvalue weighted by atomic mass is 35.5. The zero-order valence-electron chi connectivity index (χ0n) is 21.0. The number of amides is 2. The molecular formula is C30H35ClN2O3. The Bertz CT molecular complexity index is 1090. The van der Waals surface area contributed by atoms with Crippen LogP contribution in [0.2, 0.25) is 5.02 Å². The van der Waals surface area contributed by atoms with E-state index in [9.17, 15) is 9.59 Å². The van der Waals surface area contributed by atoms with Crippen LogP contribution in [0, 0.1) is 5.92 Å². The number of ether oxygens (including phenoxy) is 1. The highest BCUT2D eigenvalue weighted by molar-refractivity contribution is 6.31. The molecule has 0 unspecified atom stereocenters. The van der Waals surface area contributed by atoms with Crippen molar-refractivity contribution in [3.63, 3.8) is 0 Å². The molecule has 5 nitrogen and oxygen atoms in total. The van der Waals surface area contributed by atoms with Gasteiger partial charge in [-0.3, -0.25) is 9.59 Å². The maximum atomic E-state index is 13.6. The molecule has 1 atom stereocenters. The van der Waals surface area contributed by atoms with Crippen LogP contribution in [-0.2, 0) is 22.6 Å². The third-order valence-corrected chi connectivity index (χ3v) is 6.17. The van der Waals surface area contributed by atoms with Gasteiger partial charge in [-0.15, -0.1) is 0 Å². The monoisotopic (exact) mass is 506 g/mol. The van der Waals surface area contributed by atoms with Crippen LogP contribution in [-0.4, -0.2) is 35.9 Å². The van der Waals surface area contributed by atoms with E-state index < -0.39 is 6.04 Å². The molecule has 3 aromatic rings. The summed E-state index contributed by atoms with van der Waals surface area (Å²) in [4.78, 5) is 28.7. The average molecular weight is 507 g/mol. The number of carbonyl (C=O) groups excluding carboxylic acids is 2. The largest absolute Gasteiger partial charge is 0.494 e. The van der Waals surface area contributed by atoms with Crippen LogP contribution in [0.5, 0.6) is 5.75 Å². The standard InChI is InChI=1S/C30H35ClN2O3/c1-23(2)21-32-30(35)28(20-24-12-5-3-6-13-24)33(22-25-14-9-10-17-27(25)31)29(34)18-11-19-36-26-15-7-4-8-16-26/h3-10,12-17,23,28H,11,18-22H2,1-2H3,(H,32,35)/t28-/m0/s1. The van der Waals surface area contributed by atoms with Crippen LogP contribution in [0.25, 0.3) is 0 Å². The Kier molecular flexibility index (Phi) is 10.8. The quantitative estimate of drug-likeness (QED) is 0.293. The summed E-state index contributed by atoms with van der Waals surface area (Å²) < 4.78 is 5.77. The van der Waals surface area contributed by atoms with Crippen molar-refractivity contribution in [1.82, 2.24) is 10.2 Å². The van der Waals surface area contributed by atoms with Gasteiger partial charge in [0.2, 0.25) is 11.8 Å². The highest BCUT2D eigenvalue weighted by Crippen LogP contribution is 2.21. The zero-order valence-corrected chi connectivity index (χ0v) is 21.8. The molecule has 3 rings (SSSR count). The van der Waals surface area contributed by atoms with Gasteiger partial charge in [-0.1, -0.05) is 92.2 Å². The fourth-order valence-electron chi connectivity index (χ4n) is 3.86.